The van der Waals surface area contributed by atoms with Crippen LogP contribution in [0.4, 0.5) is 0 Å². The van der Waals surface area contributed by atoms with Gasteiger partial charge in [0.1, 0.15) is 0 Å². The molecule has 0 radical (unpaired) electrons. The summed E-state index contributed by atoms with van der Waals surface area (Å²) in [6, 6.07) is 12.2. The van der Waals surface area contributed by atoms with Crippen molar-refractivity contribution in [3.63, 3.8) is 0 Å². The molecule has 1 heterocycles. The summed E-state index contributed by atoms with van der Waals surface area (Å²) in [4.78, 5) is 0. The van der Waals surface area contributed by atoms with Crippen LogP contribution in [-0.4, -0.2) is 0 Å². The molecule has 0 saturated heterocycles. The van der Waals surface area contributed by atoms with E-state index in [-0.39, 0.29) is 0 Å². The highest BCUT2D eigenvalue weighted by Gasteiger charge is 2.08. The molecule has 1 nitrogen and oxygen atoms in total. The molecule has 2 rings (SSSR count). The van der Waals surface area contributed by atoms with Gasteiger partial charge in [0.05, 0.1) is 5.03 Å². The van der Waals surface area contributed by atoms with Gasteiger partial charge in [-0.1, -0.05) is 35.3 Å². The second kappa shape index (κ2) is 4.65. The van der Waals surface area contributed by atoms with Crippen LogP contribution in [0.3, 0.4) is 0 Å². The molecule has 15 heavy (non-hydrogen) atoms. The van der Waals surface area contributed by atoms with Crippen molar-refractivity contribution in [1.29, 1.82) is 0 Å². The van der Waals surface area contributed by atoms with Crippen LogP contribution >= 0.6 is 23.2 Å². The number of hydrogen-bond donors (Lipinski definition) is 0. The topological polar surface area (TPSA) is 3.88 Å². The largest absolute Gasteiger partial charge is 0.212 e. The molecule has 0 saturated carbocycles. The molecule has 0 unspecified atom stereocenters. The molecule has 0 amide bonds. The molecule has 0 N–H and O–H groups in total. The molecule has 0 bridgehead atoms. The maximum atomic E-state index is 5.91. The van der Waals surface area contributed by atoms with Crippen molar-refractivity contribution in [1.82, 2.24) is 0 Å². The predicted octanol–water partition coefficient (Wildman–Crippen LogP) is 3.45. The van der Waals surface area contributed by atoms with E-state index in [1.807, 2.05) is 24.4 Å². The highest BCUT2D eigenvalue weighted by atomic mass is 35.5. The van der Waals surface area contributed by atoms with E-state index in [4.69, 9.17) is 23.2 Å². The van der Waals surface area contributed by atoms with Gasteiger partial charge in [-0.3, -0.25) is 0 Å². The fraction of sp³-hybridized carbons (Fsp3) is 0.0833. The summed E-state index contributed by atoms with van der Waals surface area (Å²) in [5.41, 5.74) is 2.55. The quantitative estimate of drug-likeness (QED) is 0.706. The van der Waals surface area contributed by atoms with Gasteiger partial charge >= 0.3 is 0 Å². The minimum atomic E-state index is 0.604. The van der Waals surface area contributed by atoms with Crippen LogP contribution < -0.4 is 4.57 Å². The number of fused-ring (bicyclic) bond motifs is 1. The van der Waals surface area contributed by atoms with Crippen LogP contribution in [0.5, 0.6) is 0 Å². The standard InChI is InChI=1S/C12H10Cl2N/c13-8-11(14)9-15-7-3-5-10-4-1-2-6-12(10)15/h1-8H,9H2/q+1. The molecule has 2 aromatic rings. The van der Waals surface area contributed by atoms with E-state index in [1.54, 1.807) is 0 Å². The lowest BCUT2D eigenvalue weighted by atomic mass is 10.2. The molecule has 0 aliphatic heterocycles. The Morgan fingerprint density at radius 1 is 1.20 bits per heavy atom. The van der Waals surface area contributed by atoms with Crippen molar-refractivity contribution >= 4 is 34.1 Å². The molecule has 1 aromatic heterocycles. The summed E-state index contributed by atoms with van der Waals surface area (Å²) in [5.74, 6) is 0. The van der Waals surface area contributed by atoms with Crippen LogP contribution in [0.15, 0.2) is 53.2 Å². The van der Waals surface area contributed by atoms with Crippen molar-refractivity contribution in [2.24, 2.45) is 0 Å². The zero-order valence-electron chi connectivity index (χ0n) is 8.03. The average Bonchev–Trinajstić information content (AvgIpc) is 2.29. The summed E-state index contributed by atoms with van der Waals surface area (Å²) in [6.45, 7) is 0.604. The molecule has 1 aromatic carbocycles. The highest BCUT2D eigenvalue weighted by Crippen LogP contribution is 2.10. The van der Waals surface area contributed by atoms with Crippen LogP contribution in [-0.2, 0) is 6.54 Å². The van der Waals surface area contributed by atoms with Crippen molar-refractivity contribution in [3.05, 3.63) is 53.2 Å². The Hall–Kier alpha value is -1.05. The summed E-state index contributed by atoms with van der Waals surface area (Å²) in [5, 5.41) is 1.82. The molecule has 3 heteroatoms. The first-order valence-electron chi connectivity index (χ1n) is 4.63. The van der Waals surface area contributed by atoms with Gasteiger partial charge in [-0.2, -0.15) is 4.57 Å². The van der Waals surface area contributed by atoms with E-state index in [0.29, 0.717) is 11.6 Å². The number of halogens is 2. The highest BCUT2D eigenvalue weighted by molar-refractivity contribution is 6.36. The van der Waals surface area contributed by atoms with Gasteiger partial charge in [0.15, 0.2) is 12.7 Å². The van der Waals surface area contributed by atoms with Crippen molar-refractivity contribution in [2.75, 3.05) is 0 Å². The third-order valence-corrected chi connectivity index (χ3v) is 2.83. The number of hydrogen-bond acceptors (Lipinski definition) is 0. The zero-order valence-corrected chi connectivity index (χ0v) is 9.54. The maximum Gasteiger partial charge on any atom is 0.212 e. The Bertz CT molecular complexity index is 500. The maximum absolute atomic E-state index is 5.91. The number of nitrogens with zero attached hydrogens (tertiary/aromatic N) is 1. The number of rotatable bonds is 2. The fourth-order valence-corrected chi connectivity index (χ4v) is 1.75. The summed E-state index contributed by atoms with van der Waals surface area (Å²) in [7, 11) is 0. The SMILES string of the molecule is ClC=C(Cl)C[n+]1cccc2ccccc21. The van der Waals surface area contributed by atoms with Gasteiger partial charge < -0.3 is 0 Å². The Kier molecular flexibility index (Phi) is 3.24. The molecular formula is C12H10Cl2N+. The minimum Gasteiger partial charge on any atom is -0.193 e. The first-order valence-corrected chi connectivity index (χ1v) is 5.44. The zero-order chi connectivity index (χ0) is 10.7. The third kappa shape index (κ3) is 2.31. The summed E-state index contributed by atoms with van der Waals surface area (Å²) < 4.78 is 2.07. The summed E-state index contributed by atoms with van der Waals surface area (Å²) >= 11 is 11.5. The van der Waals surface area contributed by atoms with Gasteiger partial charge in [-0.15, -0.1) is 0 Å². The lowest BCUT2D eigenvalue weighted by molar-refractivity contribution is -0.661. The van der Waals surface area contributed by atoms with Crippen LogP contribution in [0.2, 0.25) is 0 Å². The molecule has 0 spiro atoms. The smallest absolute Gasteiger partial charge is 0.193 e. The number of aromatic nitrogens is 1. The minimum absolute atomic E-state index is 0.604. The number of benzene rings is 1. The Balaban J connectivity index is 2.51. The third-order valence-electron chi connectivity index (χ3n) is 2.23. The van der Waals surface area contributed by atoms with Gasteiger partial charge in [-0.25, -0.2) is 0 Å². The Morgan fingerprint density at radius 2 is 1.93 bits per heavy atom. The van der Waals surface area contributed by atoms with Crippen molar-refractivity contribution < 1.29 is 4.57 Å². The molecule has 76 valence electrons. The van der Waals surface area contributed by atoms with Gasteiger partial charge in [0, 0.05) is 23.1 Å². The van der Waals surface area contributed by atoms with Crippen molar-refractivity contribution in [3.8, 4) is 0 Å². The average molecular weight is 239 g/mol. The van der Waals surface area contributed by atoms with Gasteiger partial charge in [0.2, 0.25) is 5.52 Å². The first-order chi connectivity index (χ1) is 7.31. The predicted molar refractivity (Wildman–Crippen MR) is 63.9 cm³/mol. The van der Waals surface area contributed by atoms with Crippen LogP contribution in [0, 0.1) is 0 Å². The Labute approximate surface area is 98.6 Å². The fourth-order valence-electron chi connectivity index (χ4n) is 1.56. The van der Waals surface area contributed by atoms with Gasteiger partial charge in [0.25, 0.3) is 0 Å². The van der Waals surface area contributed by atoms with Crippen LogP contribution in [0.1, 0.15) is 0 Å². The van der Waals surface area contributed by atoms with E-state index in [9.17, 15) is 0 Å². The van der Waals surface area contributed by atoms with E-state index >= 15 is 0 Å². The lowest BCUT2D eigenvalue weighted by Gasteiger charge is -1.99. The number of allylic oxidation sites excluding steroid dienone is 1. The van der Waals surface area contributed by atoms with Crippen LogP contribution in [0.25, 0.3) is 10.9 Å². The van der Waals surface area contributed by atoms with E-state index in [1.165, 1.54) is 10.9 Å². The lowest BCUT2D eigenvalue weighted by Crippen LogP contribution is -2.34. The van der Waals surface area contributed by atoms with Crippen molar-refractivity contribution in [2.45, 2.75) is 6.54 Å². The van der Waals surface area contributed by atoms with E-state index in [2.05, 4.69) is 22.8 Å². The number of para-hydroxylation sites is 1. The molecule has 0 aliphatic carbocycles. The second-order valence-corrected chi connectivity index (χ2v) is 3.95. The van der Waals surface area contributed by atoms with Gasteiger partial charge in [-0.05, 0) is 12.1 Å². The summed E-state index contributed by atoms with van der Waals surface area (Å²) in [6.07, 6.45) is 1.99. The monoisotopic (exact) mass is 238 g/mol. The van der Waals surface area contributed by atoms with E-state index in [0.717, 1.165) is 5.52 Å². The normalized spacial score (nSPS) is 12.0. The Morgan fingerprint density at radius 3 is 2.73 bits per heavy atom. The molecule has 0 fully saturated rings. The first kappa shape index (κ1) is 10.5. The van der Waals surface area contributed by atoms with E-state index < -0.39 is 0 Å². The number of pyridine rings is 1. The second-order valence-electron chi connectivity index (χ2n) is 3.25. The molecular weight excluding hydrogens is 229 g/mol. The molecule has 0 atom stereocenters. The molecule has 0 aliphatic rings.